The molecule has 0 saturated carbocycles. The molecule has 30 heavy (non-hydrogen) atoms. The molecular weight excluding hydrogens is 402 g/mol. The fourth-order valence-corrected chi connectivity index (χ4v) is 3.75. The number of nitrogens with zero attached hydrogens (tertiary/aromatic N) is 1. The maximum absolute atomic E-state index is 12.7. The molecule has 0 radical (unpaired) electrons. The average molecular weight is 430 g/mol. The number of methoxy groups -OCH3 is 1. The highest BCUT2D eigenvalue weighted by Gasteiger charge is 2.25. The molecule has 0 spiro atoms. The molecule has 0 aliphatic carbocycles. The van der Waals surface area contributed by atoms with Gasteiger partial charge in [-0.25, -0.2) is 4.79 Å². The van der Waals surface area contributed by atoms with Gasteiger partial charge < -0.3 is 20.3 Å². The summed E-state index contributed by atoms with van der Waals surface area (Å²) in [5, 5.41) is 6.48. The van der Waals surface area contributed by atoms with Crippen LogP contribution in [0.5, 0.6) is 0 Å². The zero-order chi connectivity index (χ0) is 21.3. The Morgan fingerprint density at radius 1 is 1.20 bits per heavy atom. The number of ether oxygens (including phenoxy) is 1. The van der Waals surface area contributed by atoms with E-state index >= 15 is 0 Å². The van der Waals surface area contributed by atoms with E-state index in [1.807, 2.05) is 29.2 Å². The zero-order valence-electron chi connectivity index (χ0n) is 17.2. The zero-order valence-corrected chi connectivity index (χ0v) is 18.0. The minimum Gasteiger partial charge on any atom is -0.385 e. The lowest BCUT2D eigenvalue weighted by Gasteiger charge is -2.33. The van der Waals surface area contributed by atoms with E-state index in [-0.39, 0.29) is 17.9 Å². The van der Waals surface area contributed by atoms with Crippen molar-refractivity contribution in [2.24, 2.45) is 0 Å². The highest BCUT2D eigenvalue weighted by molar-refractivity contribution is 6.30. The fourth-order valence-electron chi connectivity index (χ4n) is 3.62. The molecule has 1 fully saturated rings. The lowest BCUT2D eigenvalue weighted by molar-refractivity contribution is 0.0948. The highest BCUT2D eigenvalue weighted by atomic mass is 35.5. The van der Waals surface area contributed by atoms with Crippen molar-refractivity contribution in [1.82, 2.24) is 10.2 Å². The smallest absolute Gasteiger partial charge is 0.321 e. The number of nitrogens with one attached hydrogen (secondary N) is 2. The third-order valence-corrected chi connectivity index (χ3v) is 5.49. The first-order chi connectivity index (χ1) is 14.6. The predicted molar refractivity (Wildman–Crippen MR) is 119 cm³/mol. The fraction of sp³-hybridized carbons (Fsp3) is 0.391. The summed E-state index contributed by atoms with van der Waals surface area (Å²) >= 11 is 5.90. The second-order valence-electron chi connectivity index (χ2n) is 7.45. The lowest BCUT2D eigenvalue weighted by atomic mass is 9.89. The third-order valence-electron chi connectivity index (χ3n) is 5.24. The van der Waals surface area contributed by atoms with Crippen LogP contribution < -0.4 is 10.6 Å². The van der Waals surface area contributed by atoms with Gasteiger partial charge in [-0.15, -0.1) is 0 Å². The van der Waals surface area contributed by atoms with Crippen molar-refractivity contribution in [3.05, 3.63) is 64.7 Å². The molecule has 1 atom stereocenters. The summed E-state index contributed by atoms with van der Waals surface area (Å²) < 4.78 is 5.01. The summed E-state index contributed by atoms with van der Waals surface area (Å²) in [6.07, 6.45) is 2.69. The van der Waals surface area contributed by atoms with Gasteiger partial charge in [0, 0.05) is 55.5 Å². The van der Waals surface area contributed by atoms with Gasteiger partial charge in [0.15, 0.2) is 0 Å². The third kappa shape index (κ3) is 6.21. The number of urea groups is 1. The summed E-state index contributed by atoms with van der Waals surface area (Å²) in [7, 11) is 1.65. The molecule has 0 unspecified atom stereocenters. The number of rotatable bonds is 7. The van der Waals surface area contributed by atoms with Crippen molar-refractivity contribution in [3.8, 4) is 0 Å². The van der Waals surface area contributed by atoms with Gasteiger partial charge in [-0.3, -0.25) is 4.79 Å². The van der Waals surface area contributed by atoms with Gasteiger partial charge in [-0.2, -0.15) is 0 Å². The Balaban J connectivity index is 1.60. The molecule has 1 saturated heterocycles. The molecule has 160 valence electrons. The van der Waals surface area contributed by atoms with Gasteiger partial charge in [-0.1, -0.05) is 23.7 Å². The van der Waals surface area contributed by atoms with Crippen LogP contribution in [0.1, 0.15) is 41.1 Å². The van der Waals surface area contributed by atoms with Crippen LogP contribution in [0.2, 0.25) is 5.02 Å². The number of benzene rings is 2. The van der Waals surface area contributed by atoms with Crippen molar-refractivity contribution in [1.29, 1.82) is 0 Å². The Kier molecular flexibility index (Phi) is 8.11. The summed E-state index contributed by atoms with van der Waals surface area (Å²) in [6, 6.07) is 14.7. The van der Waals surface area contributed by atoms with E-state index in [9.17, 15) is 9.59 Å². The van der Waals surface area contributed by atoms with Gasteiger partial charge in [0.25, 0.3) is 5.91 Å². The Bertz CT molecular complexity index is 857. The summed E-state index contributed by atoms with van der Waals surface area (Å²) in [6.45, 7) is 2.54. The van der Waals surface area contributed by atoms with Crippen molar-refractivity contribution in [2.75, 3.05) is 38.7 Å². The molecule has 3 amide bonds. The highest BCUT2D eigenvalue weighted by Crippen LogP contribution is 2.28. The van der Waals surface area contributed by atoms with Gasteiger partial charge >= 0.3 is 6.03 Å². The molecule has 3 rings (SSSR count). The molecule has 6 nitrogen and oxygen atoms in total. The van der Waals surface area contributed by atoms with Crippen LogP contribution in [0.15, 0.2) is 48.5 Å². The second kappa shape index (κ2) is 11.0. The maximum Gasteiger partial charge on any atom is 0.321 e. The van der Waals surface area contributed by atoms with Crippen LogP contribution in [0, 0.1) is 0 Å². The molecule has 1 heterocycles. The molecule has 2 aromatic rings. The van der Waals surface area contributed by atoms with Gasteiger partial charge in [0.2, 0.25) is 0 Å². The Hall–Kier alpha value is -2.57. The number of hydrogen-bond donors (Lipinski definition) is 2. The Morgan fingerprint density at radius 3 is 2.77 bits per heavy atom. The molecule has 2 aromatic carbocycles. The van der Waals surface area contributed by atoms with E-state index in [0.29, 0.717) is 30.3 Å². The van der Waals surface area contributed by atoms with E-state index in [1.165, 1.54) is 0 Å². The Morgan fingerprint density at radius 2 is 2.00 bits per heavy atom. The number of hydrogen-bond acceptors (Lipinski definition) is 3. The number of anilines is 1. The van der Waals surface area contributed by atoms with Crippen LogP contribution in [0.4, 0.5) is 10.5 Å². The summed E-state index contributed by atoms with van der Waals surface area (Å²) in [4.78, 5) is 26.9. The summed E-state index contributed by atoms with van der Waals surface area (Å²) in [5.74, 6) is 0.122. The molecule has 2 N–H and O–H groups in total. The number of amides is 3. The standard InChI is InChI=1S/C23H28ClN3O3/c1-30-14-4-12-25-22(28)18-6-2-5-17(15-18)19-7-3-13-27(16-19)23(29)26-21-10-8-20(24)9-11-21/h2,5-6,8-11,15,19H,3-4,7,12-14,16H2,1H3,(H,25,28)(H,26,29)/t19-/m0/s1. The van der Waals surface area contributed by atoms with E-state index in [4.69, 9.17) is 16.3 Å². The molecule has 1 aliphatic heterocycles. The normalized spacial score (nSPS) is 16.2. The molecule has 0 bridgehead atoms. The van der Waals surface area contributed by atoms with Crippen LogP contribution in [0.25, 0.3) is 0 Å². The SMILES string of the molecule is COCCCNC(=O)c1cccc([C@H]2CCCN(C(=O)Nc3ccc(Cl)cc3)C2)c1. The molecule has 7 heteroatoms. The van der Waals surface area contributed by atoms with Crippen molar-refractivity contribution in [3.63, 3.8) is 0 Å². The molecule has 0 aromatic heterocycles. The van der Waals surface area contributed by atoms with Gasteiger partial charge in [0.05, 0.1) is 0 Å². The predicted octanol–water partition coefficient (Wildman–Crippen LogP) is 4.52. The average Bonchev–Trinajstić information content (AvgIpc) is 2.78. The van der Waals surface area contributed by atoms with Crippen LogP contribution in [0.3, 0.4) is 0 Å². The minimum absolute atomic E-state index is 0.0823. The van der Waals surface area contributed by atoms with Crippen LogP contribution in [-0.2, 0) is 4.74 Å². The minimum atomic E-state index is -0.117. The van der Waals surface area contributed by atoms with E-state index in [2.05, 4.69) is 10.6 Å². The topological polar surface area (TPSA) is 70.7 Å². The first kappa shape index (κ1) is 22.1. The number of carbonyl (C=O) groups is 2. The number of piperidine rings is 1. The first-order valence-corrected chi connectivity index (χ1v) is 10.6. The molecule has 1 aliphatic rings. The maximum atomic E-state index is 12.7. The number of likely N-dealkylation sites (tertiary alicyclic amines) is 1. The second-order valence-corrected chi connectivity index (χ2v) is 7.89. The summed E-state index contributed by atoms with van der Waals surface area (Å²) in [5.41, 5.74) is 2.45. The number of halogens is 1. The van der Waals surface area contributed by atoms with Crippen molar-refractivity contribution >= 4 is 29.2 Å². The largest absolute Gasteiger partial charge is 0.385 e. The quantitative estimate of drug-likeness (QED) is 0.636. The van der Waals surface area contributed by atoms with Crippen molar-refractivity contribution < 1.29 is 14.3 Å². The molecular formula is C23H28ClN3O3. The monoisotopic (exact) mass is 429 g/mol. The lowest BCUT2D eigenvalue weighted by Crippen LogP contribution is -2.41. The Labute approximate surface area is 182 Å². The van der Waals surface area contributed by atoms with E-state index < -0.39 is 0 Å². The van der Waals surface area contributed by atoms with Gasteiger partial charge in [-0.05, 0) is 61.2 Å². The van der Waals surface area contributed by atoms with Gasteiger partial charge in [0.1, 0.15) is 0 Å². The van der Waals surface area contributed by atoms with Crippen LogP contribution >= 0.6 is 11.6 Å². The van der Waals surface area contributed by atoms with E-state index in [1.54, 1.807) is 31.4 Å². The first-order valence-electron chi connectivity index (χ1n) is 10.3. The van der Waals surface area contributed by atoms with E-state index in [0.717, 1.165) is 37.1 Å². The number of carbonyl (C=O) groups excluding carboxylic acids is 2. The van der Waals surface area contributed by atoms with Crippen LogP contribution in [-0.4, -0.2) is 50.2 Å². The van der Waals surface area contributed by atoms with Crippen molar-refractivity contribution in [2.45, 2.75) is 25.2 Å².